The molecule has 0 aliphatic rings. The maximum Gasteiger partial charge on any atom is 0.190 e. The minimum Gasteiger partial charge on any atom is -0.494 e. The molecule has 6 heteroatoms. The molecule has 98 valence electrons. The molecule has 2 rings (SSSR count). The summed E-state index contributed by atoms with van der Waals surface area (Å²) in [7, 11) is 1.93. The molecule has 2 aromatic rings. The van der Waals surface area contributed by atoms with Crippen LogP contribution in [0.15, 0.2) is 35.7 Å². The van der Waals surface area contributed by atoms with Crippen LogP contribution < -0.4 is 4.74 Å². The molecule has 0 atom stereocenters. The average Bonchev–Trinajstić information content (AvgIpc) is 2.85. The standard InChI is InChI=1S/C13H14N4OS/c1-17-10-15-16-13(17)19-8-2-7-18-12-5-3-11(9-14)4-6-12/h3-6,10H,2,7-8H2,1H3. The molecule has 0 amide bonds. The molecule has 0 saturated heterocycles. The zero-order valence-corrected chi connectivity index (χ0v) is 11.4. The van der Waals surface area contributed by atoms with E-state index in [0.717, 1.165) is 23.1 Å². The first kappa shape index (κ1) is 13.4. The molecule has 0 bridgehead atoms. The summed E-state index contributed by atoms with van der Waals surface area (Å²) in [5, 5.41) is 17.4. The van der Waals surface area contributed by atoms with Gasteiger partial charge >= 0.3 is 0 Å². The zero-order chi connectivity index (χ0) is 13.5. The summed E-state index contributed by atoms with van der Waals surface area (Å²) in [5.74, 6) is 1.73. The number of nitrogens with zero attached hydrogens (tertiary/aromatic N) is 4. The van der Waals surface area contributed by atoms with Crippen LogP contribution in [-0.4, -0.2) is 27.1 Å². The molecule has 0 radical (unpaired) electrons. The predicted octanol–water partition coefficient (Wildman–Crippen LogP) is 2.25. The van der Waals surface area contributed by atoms with Gasteiger partial charge in [-0.25, -0.2) is 0 Å². The van der Waals surface area contributed by atoms with Crippen molar-refractivity contribution in [2.75, 3.05) is 12.4 Å². The van der Waals surface area contributed by atoms with E-state index >= 15 is 0 Å². The maximum atomic E-state index is 8.68. The largest absolute Gasteiger partial charge is 0.494 e. The van der Waals surface area contributed by atoms with Gasteiger partial charge in [0.05, 0.1) is 18.2 Å². The molecule has 0 saturated carbocycles. The number of thioether (sulfide) groups is 1. The smallest absolute Gasteiger partial charge is 0.190 e. The van der Waals surface area contributed by atoms with Gasteiger partial charge in [-0.15, -0.1) is 10.2 Å². The van der Waals surface area contributed by atoms with Crippen LogP contribution in [0.2, 0.25) is 0 Å². The number of nitriles is 1. The molecule has 1 aromatic carbocycles. The second-order valence-electron chi connectivity index (χ2n) is 3.91. The lowest BCUT2D eigenvalue weighted by Crippen LogP contribution is -1.99. The van der Waals surface area contributed by atoms with Gasteiger partial charge in [0.15, 0.2) is 5.16 Å². The first-order chi connectivity index (χ1) is 9.29. The Labute approximate surface area is 116 Å². The Balaban J connectivity index is 1.66. The van der Waals surface area contributed by atoms with Crippen LogP contribution in [0.5, 0.6) is 5.75 Å². The SMILES string of the molecule is Cn1cnnc1SCCCOc1ccc(C#N)cc1. The summed E-state index contributed by atoms with van der Waals surface area (Å²) >= 11 is 1.66. The summed E-state index contributed by atoms with van der Waals surface area (Å²) in [5.41, 5.74) is 0.644. The number of aromatic nitrogens is 3. The van der Waals surface area contributed by atoms with Crippen LogP contribution in [0.4, 0.5) is 0 Å². The molecule has 19 heavy (non-hydrogen) atoms. The second kappa shape index (κ2) is 6.81. The summed E-state index contributed by atoms with van der Waals surface area (Å²) in [6.45, 7) is 0.650. The van der Waals surface area contributed by atoms with Gasteiger partial charge in [-0.3, -0.25) is 0 Å². The van der Waals surface area contributed by atoms with E-state index in [0.29, 0.717) is 12.2 Å². The Kier molecular flexibility index (Phi) is 4.81. The maximum absolute atomic E-state index is 8.68. The van der Waals surface area contributed by atoms with Crippen molar-refractivity contribution in [3.8, 4) is 11.8 Å². The Morgan fingerprint density at radius 1 is 1.37 bits per heavy atom. The average molecular weight is 274 g/mol. The van der Waals surface area contributed by atoms with Crippen LogP contribution in [0.1, 0.15) is 12.0 Å². The molecule has 0 aliphatic heterocycles. The minimum atomic E-state index is 0.644. The number of ether oxygens (including phenoxy) is 1. The third-order valence-electron chi connectivity index (χ3n) is 2.44. The predicted molar refractivity (Wildman–Crippen MR) is 73.0 cm³/mol. The minimum absolute atomic E-state index is 0.644. The highest BCUT2D eigenvalue weighted by Crippen LogP contribution is 2.15. The van der Waals surface area contributed by atoms with Crippen molar-refractivity contribution in [3.05, 3.63) is 36.2 Å². The molecule has 0 N–H and O–H groups in total. The van der Waals surface area contributed by atoms with Gasteiger partial charge in [-0.2, -0.15) is 5.26 Å². The first-order valence-electron chi connectivity index (χ1n) is 5.89. The van der Waals surface area contributed by atoms with E-state index in [4.69, 9.17) is 10.00 Å². The van der Waals surface area contributed by atoms with E-state index in [1.807, 2.05) is 23.7 Å². The van der Waals surface area contributed by atoms with E-state index in [9.17, 15) is 0 Å². The summed E-state index contributed by atoms with van der Waals surface area (Å²) in [6, 6.07) is 9.21. The highest BCUT2D eigenvalue weighted by molar-refractivity contribution is 7.99. The van der Waals surface area contributed by atoms with Gasteiger partial charge in [-0.05, 0) is 30.7 Å². The second-order valence-corrected chi connectivity index (χ2v) is 4.97. The lowest BCUT2D eigenvalue weighted by molar-refractivity contribution is 0.318. The normalized spacial score (nSPS) is 10.1. The fourth-order valence-electron chi connectivity index (χ4n) is 1.44. The molecule has 5 nitrogen and oxygen atoms in total. The summed E-state index contributed by atoms with van der Waals surface area (Å²) in [4.78, 5) is 0. The zero-order valence-electron chi connectivity index (χ0n) is 10.6. The van der Waals surface area contributed by atoms with Crippen LogP contribution in [0.25, 0.3) is 0 Å². The van der Waals surface area contributed by atoms with Crippen molar-refractivity contribution in [2.45, 2.75) is 11.6 Å². The molecule has 0 fully saturated rings. The molecular weight excluding hydrogens is 260 g/mol. The molecule has 0 unspecified atom stereocenters. The number of aryl methyl sites for hydroxylation is 1. The lowest BCUT2D eigenvalue weighted by atomic mass is 10.2. The van der Waals surface area contributed by atoms with E-state index in [2.05, 4.69) is 16.3 Å². The van der Waals surface area contributed by atoms with Crippen LogP contribution in [0, 0.1) is 11.3 Å². The van der Waals surface area contributed by atoms with E-state index in [-0.39, 0.29) is 0 Å². The van der Waals surface area contributed by atoms with Crippen molar-refractivity contribution >= 4 is 11.8 Å². The molecule has 0 aliphatic carbocycles. The Morgan fingerprint density at radius 3 is 2.79 bits per heavy atom. The van der Waals surface area contributed by atoms with E-state index < -0.39 is 0 Å². The Hall–Kier alpha value is -2.00. The first-order valence-corrected chi connectivity index (χ1v) is 6.88. The third kappa shape index (κ3) is 4.00. The quantitative estimate of drug-likeness (QED) is 0.597. The van der Waals surface area contributed by atoms with Crippen molar-refractivity contribution in [1.29, 1.82) is 5.26 Å². The number of hydrogen-bond acceptors (Lipinski definition) is 5. The number of hydrogen-bond donors (Lipinski definition) is 0. The number of benzene rings is 1. The van der Waals surface area contributed by atoms with E-state index in [1.54, 1.807) is 30.2 Å². The number of rotatable bonds is 6. The molecule has 0 spiro atoms. The Bertz CT molecular complexity index is 559. The van der Waals surface area contributed by atoms with Gasteiger partial charge in [0.25, 0.3) is 0 Å². The van der Waals surface area contributed by atoms with E-state index in [1.165, 1.54) is 0 Å². The fourth-order valence-corrected chi connectivity index (χ4v) is 2.24. The van der Waals surface area contributed by atoms with Crippen molar-refractivity contribution < 1.29 is 4.74 Å². The van der Waals surface area contributed by atoms with Gasteiger partial charge in [0, 0.05) is 12.8 Å². The van der Waals surface area contributed by atoms with Gasteiger partial charge in [0.1, 0.15) is 12.1 Å². The van der Waals surface area contributed by atoms with Gasteiger partial charge in [-0.1, -0.05) is 11.8 Å². The van der Waals surface area contributed by atoms with Crippen molar-refractivity contribution in [2.24, 2.45) is 7.05 Å². The Morgan fingerprint density at radius 2 is 2.16 bits per heavy atom. The summed E-state index contributed by atoms with van der Waals surface area (Å²) in [6.07, 6.45) is 2.62. The molecular formula is C13H14N4OS. The molecule has 1 aromatic heterocycles. The topological polar surface area (TPSA) is 63.7 Å². The van der Waals surface area contributed by atoms with Gasteiger partial charge < -0.3 is 9.30 Å². The fraction of sp³-hybridized carbons (Fsp3) is 0.308. The van der Waals surface area contributed by atoms with Crippen LogP contribution in [-0.2, 0) is 7.05 Å². The van der Waals surface area contributed by atoms with Crippen molar-refractivity contribution in [1.82, 2.24) is 14.8 Å². The van der Waals surface area contributed by atoms with Gasteiger partial charge in [0.2, 0.25) is 0 Å². The summed E-state index contributed by atoms with van der Waals surface area (Å²) < 4.78 is 7.48. The van der Waals surface area contributed by atoms with Crippen LogP contribution >= 0.6 is 11.8 Å². The third-order valence-corrected chi connectivity index (χ3v) is 3.56. The van der Waals surface area contributed by atoms with Crippen LogP contribution in [0.3, 0.4) is 0 Å². The highest BCUT2D eigenvalue weighted by atomic mass is 32.2. The highest BCUT2D eigenvalue weighted by Gasteiger charge is 2.01. The monoisotopic (exact) mass is 274 g/mol. The molecule has 1 heterocycles. The lowest BCUT2D eigenvalue weighted by Gasteiger charge is -2.05. The van der Waals surface area contributed by atoms with Crippen molar-refractivity contribution in [3.63, 3.8) is 0 Å².